The van der Waals surface area contributed by atoms with E-state index >= 15 is 0 Å². The van der Waals surface area contributed by atoms with Crippen LogP contribution in [0.5, 0.6) is 0 Å². The molecule has 4 atom stereocenters. The van der Waals surface area contributed by atoms with Crippen molar-refractivity contribution in [2.75, 3.05) is 6.61 Å². The zero-order valence-corrected chi connectivity index (χ0v) is 13.1. The van der Waals surface area contributed by atoms with Crippen LogP contribution in [0.2, 0.25) is 0 Å². The highest BCUT2D eigenvalue weighted by molar-refractivity contribution is 5.97. The Morgan fingerprint density at radius 1 is 1.48 bits per heavy atom. The number of aliphatic hydroxyl groups excluding tert-OH is 1. The quantitative estimate of drug-likeness (QED) is 0.778. The minimum absolute atomic E-state index is 0.0403. The monoisotopic (exact) mass is 292 g/mol. The molecule has 0 aromatic heterocycles. The predicted octanol–water partition coefficient (Wildman–Crippen LogP) is 1.76. The highest BCUT2D eigenvalue weighted by atomic mass is 16.6. The van der Waals surface area contributed by atoms with E-state index < -0.39 is 16.8 Å². The van der Waals surface area contributed by atoms with E-state index in [1.165, 1.54) is 0 Å². The largest absolute Gasteiger partial charge is 0.392 e. The zero-order chi connectivity index (χ0) is 15.6. The lowest BCUT2D eigenvalue weighted by molar-refractivity contribution is -0.176. The van der Waals surface area contributed by atoms with E-state index in [0.29, 0.717) is 18.4 Å². The van der Waals surface area contributed by atoms with E-state index in [9.17, 15) is 15.0 Å². The van der Waals surface area contributed by atoms with Crippen LogP contribution < -0.4 is 0 Å². The third-order valence-corrected chi connectivity index (χ3v) is 5.48. The van der Waals surface area contributed by atoms with Gasteiger partial charge >= 0.3 is 0 Å². The van der Waals surface area contributed by atoms with Crippen LogP contribution in [0.3, 0.4) is 0 Å². The molecule has 116 valence electrons. The van der Waals surface area contributed by atoms with Crippen molar-refractivity contribution in [3.8, 4) is 0 Å². The lowest BCUT2D eigenvalue weighted by atomic mass is 9.53. The van der Waals surface area contributed by atoms with Crippen LogP contribution in [-0.2, 0) is 9.53 Å². The van der Waals surface area contributed by atoms with Crippen molar-refractivity contribution in [1.82, 2.24) is 0 Å². The van der Waals surface area contributed by atoms with E-state index in [1.54, 1.807) is 6.08 Å². The van der Waals surface area contributed by atoms with Gasteiger partial charge in [0.25, 0.3) is 0 Å². The molecule has 1 saturated heterocycles. The first-order chi connectivity index (χ1) is 9.69. The van der Waals surface area contributed by atoms with Crippen LogP contribution >= 0.6 is 0 Å². The summed E-state index contributed by atoms with van der Waals surface area (Å²) in [5, 5.41) is 21.1. The van der Waals surface area contributed by atoms with Gasteiger partial charge in [-0.1, -0.05) is 17.7 Å². The van der Waals surface area contributed by atoms with E-state index in [4.69, 9.17) is 4.74 Å². The van der Waals surface area contributed by atoms with Gasteiger partial charge in [-0.05, 0) is 39.7 Å². The topological polar surface area (TPSA) is 66.8 Å². The molecule has 1 aliphatic heterocycles. The summed E-state index contributed by atoms with van der Waals surface area (Å²) in [5.74, 6) is -0.453. The van der Waals surface area contributed by atoms with E-state index in [2.05, 4.69) is 0 Å². The molecule has 21 heavy (non-hydrogen) atoms. The SMILES string of the molecule is CC(C)=CC[C@]12OC(C)(C)C3C[C@@H](C=C(CO)[C@@]31O)C2=O. The molecule has 2 fully saturated rings. The molecule has 3 aliphatic carbocycles. The maximum atomic E-state index is 12.9. The second-order valence-corrected chi connectivity index (χ2v) is 7.39. The highest BCUT2D eigenvalue weighted by Gasteiger charge is 2.76. The lowest BCUT2D eigenvalue weighted by Crippen LogP contribution is -2.67. The Hall–Kier alpha value is -0.970. The number of ether oxygens (including phenoxy) is 1. The molecule has 4 aliphatic rings. The third-order valence-electron chi connectivity index (χ3n) is 5.48. The number of hydrogen-bond donors (Lipinski definition) is 2. The number of allylic oxidation sites excluding steroid dienone is 2. The van der Waals surface area contributed by atoms with Crippen LogP contribution in [0, 0.1) is 11.8 Å². The average Bonchev–Trinajstić information content (AvgIpc) is 2.54. The van der Waals surface area contributed by atoms with Gasteiger partial charge < -0.3 is 14.9 Å². The number of hydrogen-bond acceptors (Lipinski definition) is 4. The van der Waals surface area contributed by atoms with E-state index in [0.717, 1.165) is 5.57 Å². The summed E-state index contributed by atoms with van der Waals surface area (Å²) < 4.78 is 6.20. The van der Waals surface area contributed by atoms with Crippen LogP contribution in [0.4, 0.5) is 0 Å². The van der Waals surface area contributed by atoms with Gasteiger partial charge in [-0.25, -0.2) is 0 Å². The summed E-state index contributed by atoms with van der Waals surface area (Å²) in [6, 6.07) is 0. The van der Waals surface area contributed by atoms with Gasteiger partial charge in [0, 0.05) is 18.3 Å². The minimum atomic E-state index is -1.39. The first kappa shape index (κ1) is 14.9. The Morgan fingerprint density at radius 3 is 2.71 bits per heavy atom. The number of ketones is 1. The number of rotatable bonds is 3. The lowest BCUT2D eigenvalue weighted by Gasteiger charge is -2.52. The maximum Gasteiger partial charge on any atom is 0.175 e. The fraction of sp³-hybridized carbons (Fsp3) is 0.706. The van der Waals surface area contributed by atoms with Crippen LogP contribution in [0.15, 0.2) is 23.3 Å². The average molecular weight is 292 g/mol. The molecule has 4 rings (SSSR count). The van der Waals surface area contributed by atoms with E-state index in [1.807, 2.05) is 33.8 Å². The first-order valence-corrected chi connectivity index (χ1v) is 7.61. The molecule has 4 nitrogen and oxygen atoms in total. The summed E-state index contributed by atoms with van der Waals surface area (Å²) >= 11 is 0. The van der Waals surface area contributed by atoms with Gasteiger partial charge in [-0.2, -0.15) is 0 Å². The predicted molar refractivity (Wildman–Crippen MR) is 78.7 cm³/mol. The molecule has 1 unspecified atom stereocenters. The van der Waals surface area contributed by atoms with Crippen molar-refractivity contribution in [3.63, 3.8) is 0 Å². The Bertz CT molecular complexity index is 555. The summed E-state index contributed by atoms with van der Waals surface area (Å²) in [6.45, 7) is 7.57. The fourth-order valence-electron chi connectivity index (χ4n) is 4.55. The second kappa shape index (κ2) is 4.28. The van der Waals surface area contributed by atoms with Crippen molar-refractivity contribution in [3.05, 3.63) is 23.3 Å². The highest BCUT2D eigenvalue weighted by Crippen LogP contribution is 2.63. The number of carbonyl (C=O) groups is 1. The molecule has 0 aromatic rings. The summed E-state index contributed by atoms with van der Waals surface area (Å²) in [7, 11) is 0. The minimum Gasteiger partial charge on any atom is -0.392 e. The van der Waals surface area contributed by atoms with Crippen molar-refractivity contribution < 1.29 is 19.7 Å². The van der Waals surface area contributed by atoms with Crippen LogP contribution in [-0.4, -0.2) is 39.4 Å². The number of Topliss-reactive ketones (excluding diaryl/α,β-unsaturated/α-hetero) is 1. The molecule has 0 spiro atoms. The Balaban J connectivity index is 2.20. The Labute approximate surface area is 125 Å². The van der Waals surface area contributed by atoms with Gasteiger partial charge in [0.2, 0.25) is 0 Å². The summed E-state index contributed by atoms with van der Waals surface area (Å²) in [4.78, 5) is 12.9. The molecular weight excluding hydrogens is 268 g/mol. The molecule has 1 saturated carbocycles. The number of carbonyl (C=O) groups excluding carboxylic acids is 1. The molecule has 4 heteroatoms. The standard InChI is InChI=1S/C17H24O4/c1-10(2)5-6-16-14(19)11-7-12(9-18)17(16,20)13(8-11)15(3,4)21-16/h5,7,11,13,18,20H,6,8-9H2,1-4H3/t11-,13?,16-,17-/m1/s1. The molecule has 0 radical (unpaired) electrons. The summed E-state index contributed by atoms with van der Waals surface area (Å²) in [6.07, 6.45) is 4.66. The Kier molecular flexibility index (Phi) is 3.04. The molecule has 0 amide bonds. The number of aliphatic hydroxyl groups is 2. The second-order valence-electron chi connectivity index (χ2n) is 7.39. The zero-order valence-electron chi connectivity index (χ0n) is 13.1. The van der Waals surface area contributed by atoms with Crippen LogP contribution in [0.25, 0.3) is 0 Å². The fourth-order valence-corrected chi connectivity index (χ4v) is 4.55. The normalized spacial score (nSPS) is 43.0. The van der Waals surface area contributed by atoms with Crippen molar-refractivity contribution in [1.29, 1.82) is 0 Å². The smallest absolute Gasteiger partial charge is 0.175 e. The van der Waals surface area contributed by atoms with E-state index in [-0.39, 0.29) is 24.2 Å². The van der Waals surface area contributed by atoms with Gasteiger partial charge in [-0.15, -0.1) is 0 Å². The van der Waals surface area contributed by atoms with Gasteiger partial charge in [-0.3, -0.25) is 4.79 Å². The molecule has 1 heterocycles. The van der Waals surface area contributed by atoms with Crippen molar-refractivity contribution >= 4 is 5.78 Å². The van der Waals surface area contributed by atoms with Crippen LogP contribution in [0.1, 0.15) is 40.5 Å². The molecule has 0 aromatic carbocycles. The maximum absolute atomic E-state index is 12.9. The van der Waals surface area contributed by atoms with Gasteiger partial charge in [0.15, 0.2) is 11.4 Å². The third kappa shape index (κ3) is 1.64. The van der Waals surface area contributed by atoms with Gasteiger partial charge in [0.05, 0.1) is 12.2 Å². The molecule has 4 bridgehead atoms. The van der Waals surface area contributed by atoms with Crippen molar-refractivity contribution in [2.24, 2.45) is 11.8 Å². The molecular formula is C17H24O4. The first-order valence-electron chi connectivity index (χ1n) is 7.61. The molecule has 2 N–H and O–H groups in total. The Morgan fingerprint density at radius 2 is 2.14 bits per heavy atom. The van der Waals surface area contributed by atoms with Crippen molar-refractivity contribution in [2.45, 2.75) is 57.3 Å². The van der Waals surface area contributed by atoms with Gasteiger partial charge in [0.1, 0.15) is 5.60 Å². The summed E-state index contributed by atoms with van der Waals surface area (Å²) in [5.41, 5.74) is -1.57.